The predicted octanol–water partition coefficient (Wildman–Crippen LogP) is 4.91. The Morgan fingerprint density at radius 3 is 2.41 bits per heavy atom. The number of hydrogen-bond donors (Lipinski definition) is 1. The summed E-state index contributed by atoms with van der Waals surface area (Å²) < 4.78 is 7.18. The van der Waals surface area contributed by atoms with Crippen molar-refractivity contribution in [3.8, 4) is 0 Å². The molecule has 4 rings (SSSR count). The molecule has 1 spiro atoms. The van der Waals surface area contributed by atoms with Crippen LogP contribution in [0.4, 0.5) is 0 Å². The minimum absolute atomic E-state index is 0.00698. The van der Waals surface area contributed by atoms with Crippen LogP contribution in [0.3, 0.4) is 0 Å². The van der Waals surface area contributed by atoms with E-state index in [0.29, 0.717) is 0 Å². The fourth-order valence-electron chi connectivity index (χ4n) is 5.69. The predicted molar refractivity (Wildman–Crippen MR) is 114 cm³/mol. The molecule has 0 bridgehead atoms. The van der Waals surface area contributed by atoms with Crippen LogP contribution in [0.25, 0.3) is 0 Å². The molecule has 2 aromatic rings. The van der Waals surface area contributed by atoms with Crippen LogP contribution in [0.5, 0.6) is 0 Å². The van der Waals surface area contributed by atoms with E-state index < -0.39 is 6.98 Å². The molecule has 1 amide bonds. The van der Waals surface area contributed by atoms with Gasteiger partial charge in [0.2, 0.25) is 0 Å². The van der Waals surface area contributed by atoms with Crippen LogP contribution < -0.4 is 15.7 Å². The Balaban J connectivity index is 2.13. The first-order valence-electron chi connectivity index (χ1n) is 9.99. The van der Waals surface area contributed by atoms with Gasteiger partial charge in [-0.3, -0.25) is 0 Å². The maximum absolute atomic E-state index is 13.2. The number of benzene rings is 2. The Kier molecular flexibility index (Phi) is 4.07. The van der Waals surface area contributed by atoms with Gasteiger partial charge in [-0.1, -0.05) is 0 Å². The number of carbonyl (C=O) groups excluding carboxylic acids is 1. The van der Waals surface area contributed by atoms with Gasteiger partial charge in [-0.2, -0.15) is 0 Å². The molecule has 2 aliphatic rings. The number of nitrogens with one attached hydrogen (secondary N) is 1. The van der Waals surface area contributed by atoms with E-state index in [-0.39, 0.29) is 16.7 Å². The van der Waals surface area contributed by atoms with Crippen molar-refractivity contribution in [2.24, 2.45) is 0 Å². The third-order valence-electron chi connectivity index (χ3n) is 6.51. The average Bonchev–Trinajstić information content (AvgIpc) is 3.02. The second kappa shape index (κ2) is 5.90. The molecule has 1 fully saturated rings. The minimum atomic E-state index is -3.42. The number of amides is 1. The van der Waals surface area contributed by atoms with Crippen molar-refractivity contribution in [3.63, 3.8) is 0 Å². The molecule has 3 nitrogen and oxygen atoms in total. The summed E-state index contributed by atoms with van der Waals surface area (Å²) in [6.45, 7) is 5.51. The van der Waals surface area contributed by atoms with E-state index in [1.54, 1.807) is 0 Å². The Hall–Kier alpha value is -1.70. The van der Waals surface area contributed by atoms with E-state index in [0.717, 1.165) is 41.9 Å². The van der Waals surface area contributed by atoms with Crippen LogP contribution in [0, 0.1) is 0 Å². The van der Waals surface area contributed by atoms with E-state index in [2.05, 4.69) is 63.1 Å². The molecule has 1 saturated heterocycles. The van der Waals surface area contributed by atoms with E-state index >= 15 is 0 Å². The fourth-order valence-corrected chi connectivity index (χ4v) is 12.7. The topological polar surface area (TPSA) is 38.3 Å². The van der Waals surface area contributed by atoms with Crippen molar-refractivity contribution < 1.29 is 9.32 Å². The van der Waals surface area contributed by atoms with Crippen molar-refractivity contribution in [2.45, 2.75) is 64.1 Å². The Labute approximate surface area is 162 Å². The molecule has 2 heterocycles. The van der Waals surface area contributed by atoms with Crippen LogP contribution in [-0.2, 0) is 4.52 Å². The summed E-state index contributed by atoms with van der Waals surface area (Å²) in [5.41, 5.74) is 0.473. The van der Waals surface area contributed by atoms with Crippen molar-refractivity contribution in [3.05, 3.63) is 60.2 Å². The monoisotopic (exact) mass is 383 g/mol. The molecule has 0 saturated carbocycles. The summed E-state index contributed by atoms with van der Waals surface area (Å²) in [6.07, 6.45) is 4.22. The molecule has 0 aliphatic carbocycles. The van der Waals surface area contributed by atoms with Gasteiger partial charge < -0.3 is 0 Å². The Morgan fingerprint density at radius 2 is 1.70 bits per heavy atom. The Bertz CT molecular complexity index is 896. The van der Waals surface area contributed by atoms with Crippen LogP contribution >= 0.6 is 6.98 Å². The zero-order valence-corrected chi connectivity index (χ0v) is 17.7. The molecule has 2 aromatic carbocycles. The van der Waals surface area contributed by atoms with Crippen LogP contribution in [0.2, 0.25) is 0 Å². The summed E-state index contributed by atoms with van der Waals surface area (Å²) in [5, 5.41) is 5.64. The van der Waals surface area contributed by atoms with Crippen LogP contribution in [-0.4, -0.2) is 16.7 Å². The SMILES string of the molecule is CCCC[C@]1(C)CC(C)(C)OP12(c1ccccc1)NC(=O)c1ccccc12. The van der Waals surface area contributed by atoms with Gasteiger partial charge in [0.1, 0.15) is 0 Å². The number of hydrogen-bond acceptors (Lipinski definition) is 2. The quantitative estimate of drug-likeness (QED) is 0.762. The van der Waals surface area contributed by atoms with Gasteiger partial charge in [-0.05, 0) is 0 Å². The van der Waals surface area contributed by atoms with E-state index in [4.69, 9.17) is 4.52 Å². The zero-order chi connectivity index (χ0) is 19.4. The van der Waals surface area contributed by atoms with E-state index in [9.17, 15) is 4.79 Å². The van der Waals surface area contributed by atoms with Crippen molar-refractivity contribution in [1.29, 1.82) is 0 Å². The summed E-state index contributed by atoms with van der Waals surface area (Å²) in [4.78, 5) is 13.2. The molecule has 1 atom stereocenters. The number of unbranched alkanes of at least 4 members (excludes halogenated alkanes) is 1. The molecular weight excluding hydrogens is 353 g/mol. The van der Waals surface area contributed by atoms with E-state index in [1.165, 1.54) is 0 Å². The first-order valence-corrected chi connectivity index (χ1v) is 12.1. The first-order chi connectivity index (χ1) is 12.8. The van der Waals surface area contributed by atoms with Crippen molar-refractivity contribution >= 4 is 23.5 Å². The van der Waals surface area contributed by atoms with Gasteiger partial charge >= 0.3 is 162 Å². The summed E-state index contributed by atoms with van der Waals surface area (Å²) in [7, 11) is 0. The zero-order valence-electron chi connectivity index (χ0n) is 16.8. The summed E-state index contributed by atoms with van der Waals surface area (Å²) >= 11 is 0. The number of carbonyl (C=O) groups is 1. The molecular formula is C23H30NO2P. The van der Waals surface area contributed by atoms with E-state index in [1.807, 2.05) is 24.3 Å². The van der Waals surface area contributed by atoms with Crippen molar-refractivity contribution in [2.75, 3.05) is 0 Å². The second-order valence-electron chi connectivity index (χ2n) is 8.96. The number of rotatable bonds is 4. The summed E-state index contributed by atoms with van der Waals surface area (Å²) in [6, 6.07) is 18.6. The van der Waals surface area contributed by atoms with Crippen LogP contribution in [0.15, 0.2) is 54.6 Å². The normalized spacial score (nSPS) is 28.3. The van der Waals surface area contributed by atoms with Gasteiger partial charge in [0.25, 0.3) is 0 Å². The molecule has 1 N–H and O–H groups in total. The van der Waals surface area contributed by atoms with Gasteiger partial charge in [0.05, 0.1) is 0 Å². The molecule has 0 aromatic heterocycles. The number of fused-ring (bicyclic) bond motifs is 2. The average molecular weight is 383 g/mol. The molecule has 0 unspecified atom stereocenters. The standard InChI is InChI=1S/C23H30NO2P/c1-5-6-16-23(4)17-22(2,3)26-27(23,18-12-8-7-9-13-18)20-15-11-10-14-19(20)21(25)24-27/h7-15H,5-6,16-17H2,1-4H3,(H,24,25)/t23-/m1/s1. The van der Waals surface area contributed by atoms with Gasteiger partial charge in [-0.25, -0.2) is 0 Å². The Morgan fingerprint density at radius 1 is 1.04 bits per heavy atom. The molecule has 4 heteroatoms. The van der Waals surface area contributed by atoms with Gasteiger partial charge in [0, 0.05) is 0 Å². The van der Waals surface area contributed by atoms with Gasteiger partial charge in [0.15, 0.2) is 0 Å². The van der Waals surface area contributed by atoms with Gasteiger partial charge in [-0.15, -0.1) is 0 Å². The molecule has 27 heavy (non-hydrogen) atoms. The third kappa shape index (κ3) is 2.25. The molecule has 144 valence electrons. The summed E-state index contributed by atoms with van der Waals surface area (Å²) in [5.74, 6) is 0.00698. The van der Waals surface area contributed by atoms with Crippen LogP contribution in [0.1, 0.15) is 63.7 Å². The van der Waals surface area contributed by atoms with Crippen molar-refractivity contribution in [1.82, 2.24) is 5.09 Å². The first kappa shape index (κ1) is 18.7. The molecule has 2 aliphatic heterocycles. The second-order valence-corrected chi connectivity index (χ2v) is 13.5. The third-order valence-corrected chi connectivity index (χ3v) is 13.0. The fraction of sp³-hybridized carbons (Fsp3) is 0.435. The maximum atomic E-state index is 13.2. The molecule has 0 radical (unpaired) electrons.